The summed E-state index contributed by atoms with van der Waals surface area (Å²) >= 11 is 0. The second-order valence-electron chi connectivity index (χ2n) is 8.40. The lowest BCUT2D eigenvalue weighted by molar-refractivity contribution is 0.0384. The van der Waals surface area contributed by atoms with Gasteiger partial charge < -0.3 is 15.0 Å². The van der Waals surface area contributed by atoms with Crippen LogP contribution in [0.15, 0.2) is 42.5 Å². The molecule has 2 N–H and O–H groups in total. The minimum absolute atomic E-state index is 0.0521. The summed E-state index contributed by atoms with van der Waals surface area (Å²) in [6.45, 7) is 4.76. The van der Waals surface area contributed by atoms with E-state index in [1.165, 1.54) is 35.0 Å². The van der Waals surface area contributed by atoms with E-state index in [4.69, 9.17) is 4.74 Å². The van der Waals surface area contributed by atoms with E-state index in [-0.39, 0.29) is 5.91 Å². The molecule has 0 saturated carbocycles. The zero-order chi connectivity index (χ0) is 20.3. The van der Waals surface area contributed by atoms with Crippen molar-refractivity contribution in [3.8, 4) is 0 Å². The molecule has 0 spiro atoms. The SMILES string of the molecule is O=C(Nc1ccc(CCN2CCOCC2)cc1)c1ccc2[nH]c3c(c2c1)CCCC3. The van der Waals surface area contributed by atoms with Crippen molar-refractivity contribution in [3.05, 3.63) is 64.8 Å². The highest BCUT2D eigenvalue weighted by molar-refractivity contribution is 6.06. The van der Waals surface area contributed by atoms with Gasteiger partial charge in [-0.3, -0.25) is 9.69 Å². The Kier molecular flexibility index (Phi) is 5.56. The van der Waals surface area contributed by atoms with Crippen LogP contribution >= 0.6 is 0 Å². The predicted molar refractivity (Wildman–Crippen MR) is 120 cm³/mol. The fourth-order valence-corrected chi connectivity index (χ4v) is 4.62. The highest BCUT2D eigenvalue weighted by atomic mass is 16.5. The first-order valence-electron chi connectivity index (χ1n) is 11.1. The Morgan fingerprint density at radius 1 is 1.03 bits per heavy atom. The minimum atomic E-state index is -0.0521. The highest BCUT2D eigenvalue weighted by Gasteiger charge is 2.17. The Labute approximate surface area is 177 Å². The molecule has 1 fully saturated rings. The first kappa shape index (κ1) is 19.3. The Hall–Kier alpha value is -2.63. The summed E-state index contributed by atoms with van der Waals surface area (Å²) in [5, 5.41) is 4.26. The number of aromatic nitrogens is 1. The maximum atomic E-state index is 12.8. The van der Waals surface area contributed by atoms with E-state index < -0.39 is 0 Å². The van der Waals surface area contributed by atoms with Gasteiger partial charge >= 0.3 is 0 Å². The molecule has 2 aliphatic rings. The third-order valence-corrected chi connectivity index (χ3v) is 6.39. The number of aromatic amines is 1. The van der Waals surface area contributed by atoms with E-state index in [0.717, 1.165) is 63.3 Å². The van der Waals surface area contributed by atoms with Crippen molar-refractivity contribution in [1.82, 2.24) is 9.88 Å². The van der Waals surface area contributed by atoms with Crippen molar-refractivity contribution in [2.45, 2.75) is 32.1 Å². The van der Waals surface area contributed by atoms with Crippen LogP contribution < -0.4 is 5.32 Å². The summed E-state index contributed by atoms with van der Waals surface area (Å²) in [5.74, 6) is -0.0521. The van der Waals surface area contributed by atoms with Crippen LogP contribution in [-0.4, -0.2) is 48.6 Å². The molecule has 0 radical (unpaired) electrons. The number of anilines is 1. The van der Waals surface area contributed by atoms with Crippen molar-refractivity contribution in [1.29, 1.82) is 0 Å². The van der Waals surface area contributed by atoms with E-state index in [0.29, 0.717) is 5.56 Å². The molecule has 1 amide bonds. The van der Waals surface area contributed by atoms with Gasteiger partial charge in [-0.05, 0) is 73.6 Å². The maximum absolute atomic E-state index is 12.8. The number of hydrogen-bond acceptors (Lipinski definition) is 3. The van der Waals surface area contributed by atoms with Crippen LogP contribution in [0.3, 0.4) is 0 Å². The lowest BCUT2D eigenvalue weighted by atomic mass is 9.95. The Morgan fingerprint density at radius 3 is 2.67 bits per heavy atom. The average Bonchev–Trinajstić information content (AvgIpc) is 3.17. The van der Waals surface area contributed by atoms with E-state index >= 15 is 0 Å². The number of carbonyl (C=O) groups is 1. The number of rotatable bonds is 5. The zero-order valence-corrected chi connectivity index (χ0v) is 17.4. The van der Waals surface area contributed by atoms with Gasteiger partial charge in [-0.2, -0.15) is 0 Å². The number of fused-ring (bicyclic) bond motifs is 3. The number of nitrogens with zero attached hydrogens (tertiary/aromatic N) is 1. The molecule has 2 aromatic carbocycles. The van der Waals surface area contributed by atoms with Crippen LogP contribution in [0.5, 0.6) is 0 Å². The number of H-pyrrole nitrogens is 1. The number of hydrogen-bond donors (Lipinski definition) is 2. The lowest BCUT2D eigenvalue weighted by Gasteiger charge is -2.26. The number of amides is 1. The van der Waals surface area contributed by atoms with Gasteiger partial charge in [0.2, 0.25) is 0 Å². The van der Waals surface area contributed by atoms with Crippen LogP contribution in [0.25, 0.3) is 10.9 Å². The summed E-state index contributed by atoms with van der Waals surface area (Å²) in [7, 11) is 0. The van der Waals surface area contributed by atoms with Crippen molar-refractivity contribution >= 4 is 22.5 Å². The number of benzene rings is 2. The predicted octanol–water partition coefficient (Wildman–Crippen LogP) is 4.17. The van der Waals surface area contributed by atoms with Crippen molar-refractivity contribution in [2.75, 3.05) is 38.2 Å². The van der Waals surface area contributed by atoms with Gasteiger partial charge in [0, 0.05) is 47.5 Å². The molecule has 5 heteroatoms. The second-order valence-corrected chi connectivity index (χ2v) is 8.40. The fourth-order valence-electron chi connectivity index (χ4n) is 4.62. The monoisotopic (exact) mass is 403 g/mol. The standard InChI is InChI=1S/C25H29N3O2/c29-25(19-7-10-24-22(17-19)21-3-1-2-4-23(21)27-24)26-20-8-5-18(6-9-20)11-12-28-13-15-30-16-14-28/h5-10,17,27H,1-4,11-16H2,(H,26,29). The summed E-state index contributed by atoms with van der Waals surface area (Å²) in [6.07, 6.45) is 5.71. The van der Waals surface area contributed by atoms with Gasteiger partial charge in [-0.1, -0.05) is 12.1 Å². The van der Waals surface area contributed by atoms with Crippen LogP contribution in [-0.2, 0) is 24.0 Å². The largest absolute Gasteiger partial charge is 0.379 e. The first-order valence-corrected chi connectivity index (χ1v) is 11.1. The number of aryl methyl sites for hydroxylation is 2. The molecule has 1 aliphatic carbocycles. The van der Waals surface area contributed by atoms with E-state index in [1.54, 1.807) is 0 Å². The summed E-state index contributed by atoms with van der Waals surface area (Å²) in [4.78, 5) is 18.8. The molecule has 156 valence electrons. The number of carbonyl (C=O) groups excluding carboxylic acids is 1. The first-order chi connectivity index (χ1) is 14.8. The summed E-state index contributed by atoms with van der Waals surface area (Å²) in [5.41, 5.74) is 6.73. The number of ether oxygens (including phenoxy) is 1. The zero-order valence-electron chi connectivity index (χ0n) is 17.4. The van der Waals surface area contributed by atoms with E-state index in [9.17, 15) is 4.79 Å². The molecule has 5 nitrogen and oxygen atoms in total. The van der Waals surface area contributed by atoms with Crippen LogP contribution in [0, 0.1) is 0 Å². The molecule has 30 heavy (non-hydrogen) atoms. The maximum Gasteiger partial charge on any atom is 0.255 e. The molecule has 3 aromatic rings. The molecule has 5 rings (SSSR count). The highest BCUT2D eigenvalue weighted by Crippen LogP contribution is 2.30. The molecular formula is C25H29N3O2. The third kappa shape index (κ3) is 4.13. The van der Waals surface area contributed by atoms with Crippen molar-refractivity contribution in [3.63, 3.8) is 0 Å². The van der Waals surface area contributed by atoms with Crippen molar-refractivity contribution in [2.24, 2.45) is 0 Å². The second kappa shape index (κ2) is 8.62. The van der Waals surface area contributed by atoms with Crippen molar-refractivity contribution < 1.29 is 9.53 Å². The quantitative estimate of drug-likeness (QED) is 0.672. The minimum Gasteiger partial charge on any atom is -0.379 e. The molecule has 1 aliphatic heterocycles. The fraction of sp³-hybridized carbons (Fsp3) is 0.400. The molecule has 1 aromatic heterocycles. The lowest BCUT2D eigenvalue weighted by Crippen LogP contribution is -2.37. The van der Waals surface area contributed by atoms with Gasteiger partial charge in [0.05, 0.1) is 13.2 Å². The Balaban J connectivity index is 1.23. The molecular weight excluding hydrogens is 374 g/mol. The number of morpholine rings is 1. The van der Waals surface area contributed by atoms with E-state index in [2.05, 4.69) is 27.3 Å². The molecule has 0 atom stereocenters. The third-order valence-electron chi connectivity index (χ3n) is 6.39. The van der Waals surface area contributed by atoms with Gasteiger partial charge in [0.15, 0.2) is 0 Å². The van der Waals surface area contributed by atoms with Crippen LogP contribution in [0.2, 0.25) is 0 Å². The Morgan fingerprint density at radius 2 is 1.83 bits per heavy atom. The Bertz CT molecular complexity index is 1030. The number of nitrogens with one attached hydrogen (secondary N) is 2. The van der Waals surface area contributed by atoms with Crippen LogP contribution in [0.4, 0.5) is 5.69 Å². The molecule has 0 unspecified atom stereocenters. The van der Waals surface area contributed by atoms with Gasteiger partial charge in [0.25, 0.3) is 5.91 Å². The summed E-state index contributed by atoms with van der Waals surface area (Å²) in [6, 6.07) is 14.2. The van der Waals surface area contributed by atoms with Gasteiger partial charge in [-0.25, -0.2) is 0 Å². The normalized spacial score (nSPS) is 17.1. The topological polar surface area (TPSA) is 57.4 Å². The van der Waals surface area contributed by atoms with Gasteiger partial charge in [-0.15, -0.1) is 0 Å². The molecule has 0 bridgehead atoms. The summed E-state index contributed by atoms with van der Waals surface area (Å²) < 4.78 is 5.40. The molecule has 1 saturated heterocycles. The van der Waals surface area contributed by atoms with Gasteiger partial charge in [0.1, 0.15) is 0 Å². The van der Waals surface area contributed by atoms with Crippen LogP contribution in [0.1, 0.15) is 40.0 Å². The van der Waals surface area contributed by atoms with E-state index in [1.807, 2.05) is 30.3 Å². The smallest absolute Gasteiger partial charge is 0.255 e. The molecule has 2 heterocycles. The average molecular weight is 404 g/mol.